The standard InChI is InChI=1S/C15H23Br2NS/c1-4-8-18-13(10-6-5-7-15(10,2)3)12-9-11(16)14(17)19-12/h9-10,13,18H,4-8H2,1-3H3. The summed E-state index contributed by atoms with van der Waals surface area (Å²) in [5, 5.41) is 3.79. The molecule has 1 fully saturated rings. The fourth-order valence-electron chi connectivity index (χ4n) is 3.23. The molecule has 19 heavy (non-hydrogen) atoms. The first-order valence-corrected chi connectivity index (χ1v) is 9.54. The van der Waals surface area contributed by atoms with Crippen molar-refractivity contribution in [2.45, 2.75) is 52.5 Å². The van der Waals surface area contributed by atoms with Crippen molar-refractivity contribution >= 4 is 43.2 Å². The van der Waals surface area contributed by atoms with Gasteiger partial charge in [-0.1, -0.05) is 27.2 Å². The molecule has 1 heterocycles. The van der Waals surface area contributed by atoms with Crippen LogP contribution in [0.25, 0.3) is 0 Å². The molecule has 108 valence electrons. The quantitative estimate of drug-likeness (QED) is 0.616. The molecule has 1 nitrogen and oxygen atoms in total. The lowest BCUT2D eigenvalue weighted by atomic mass is 9.77. The highest BCUT2D eigenvalue weighted by Crippen LogP contribution is 2.50. The van der Waals surface area contributed by atoms with E-state index in [4.69, 9.17) is 0 Å². The first kappa shape index (κ1) is 16.0. The number of nitrogens with one attached hydrogen (secondary N) is 1. The topological polar surface area (TPSA) is 12.0 Å². The van der Waals surface area contributed by atoms with Gasteiger partial charge < -0.3 is 5.32 Å². The van der Waals surface area contributed by atoms with Crippen molar-refractivity contribution in [3.8, 4) is 0 Å². The SMILES string of the molecule is CCCNC(c1cc(Br)c(Br)s1)C1CCCC1(C)C. The Bertz CT molecular complexity index is 408. The van der Waals surface area contributed by atoms with Crippen LogP contribution in [-0.4, -0.2) is 6.54 Å². The molecular weight excluding hydrogens is 386 g/mol. The minimum atomic E-state index is 0.453. The highest BCUT2D eigenvalue weighted by atomic mass is 79.9. The van der Waals surface area contributed by atoms with Crippen molar-refractivity contribution in [3.63, 3.8) is 0 Å². The molecule has 0 bridgehead atoms. The van der Waals surface area contributed by atoms with Crippen LogP contribution in [0.1, 0.15) is 57.4 Å². The molecule has 1 saturated carbocycles. The molecule has 1 aliphatic carbocycles. The van der Waals surface area contributed by atoms with Crippen LogP contribution in [-0.2, 0) is 0 Å². The molecular formula is C15H23Br2NS. The second kappa shape index (κ2) is 6.59. The second-order valence-corrected chi connectivity index (χ2v) is 9.45. The summed E-state index contributed by atoms with van der Waals surface area (Å²) in [6.07, 6.45) is 5.27. The van der Waals surface area contributed by atoms with Crippen molar-refractivity contribution in [2.75, 3.05) is 6.54 Å². The summed E-state index contributed by atoms with van der Waals surface area (Å²) in [5.41, 5.74) is 0.453. The lowest BCUT2D eigenvalue weighted by Gasteiger charge is -2.34. The molecule has 1 aromatic rings. The fourth-order valence-corrected chi connectivity index (χ4v) is 5.46. The smallest absolute Gasteiger partial charge is 0.0843 e. The first-order chi connectivity index (χ1) is 8.95. The van der Waals surface area contributed by atoms with Gasteiger partial charge in [-0.3, -0.25) is 0 Å². The molecule has 0 amide bonds. The van der Waals surface area contributed by atoms with E-state index in [9.17, 15) is 0 Å². The van der Waals surface area contributed by atoms with E-state index < -0.39 is 0 Å². The average molecular weight is 409 g/mol. The van der Waals surface area contributed by atoms with Crippen LogP contribution in [0.3, 0.4) is 0 Å². The van der Waals surface area contributed by atoms with Gasteiger partial charge in [-0.25, -0.2) is 0 Å². The fraction of sp³-hybridized carbons (Fsp3) is 0.733. The monoisotopic (exact) mass is 407 g/mol. The lowest BCUT2D eigenvalue weighted by molar-refractivity contribution is 0.200. The third-order valence-corrected chi connectivity index (χ3v) is 7.67. The highest BCUT2D eigenvalue weighted by molar-refractivity contribution is 9.13. The van der Waals surface area contributed by atoms with Gasteiger partial charge in [0.05, 0.1) is 3.79 Å². The van der Waals surface area contributed by atoms with Crippen molar-refractivity contribution in [2.24, 2.45) is 11.3 Å². The summed E-state index contributed by atoms with van der Waals surface area (Å²) < 4.78 is 2.40. The molecule has 4 heteroatoms. The van der Waals surface area contributed by atoms with E-state index in [1.165, 1.54) is 38.8 Å². The molecule has 0 radical (unpaired) electrons. The zero-order chi connectivity index (χ0) is 14.0. The van der Waals surface area contributed by atoms with Crippen LogP contribution in [0.15, 0.2) is 14.3 Å². The molecule has 1 N–H and O–H groups in total. The van der Waals surface area contributed by atoms with Gasteiger partial charge in [-0.2, -0.15) is 0 Å². The van der Waals surface area contributed by atoms with E-state index in [0.29, 0.717) is 11.5 Å². The lowest BCUT2D eigenvalue weighted by Crippen LogP contribution is -2.33. The maximum absolute atomic E-state index is 3.79. The summed E-state index contributed by atoms with van der Waals surface area (Å²) in [7, 11) is 0. The van der Waals surface area contributed by atoms with Gasteiger partial charge in [0.1, 0.15) is 0 Å². The second-order valence-electron chi connectivity index (χ2n) is 6.19. The van der Waals surface area contributed by atoms with E-state index in [0.717, 1.165) is 12.5 Å². The van der Waals surface area contributed by atoms with Gasteiger partial charge in [0.2, 0.25) is 0 Å². The van der Waals surface area contributed by atoms with E-state index in [2.05, 4.69) is 64.0 Å². The van der Waals surface area contributed by atoms with Gasteiger partial charge >= 0.3 is 0 Å². The van der Waals surface area contributed by atoms with Gasteiger partial charge in [0.15, 0.2) is 0 Å². The van der Waals surface area contributed by atoms with Gasteiger partial charge in [0.25, 0.3) is 0 Å². The van der Waals surface area contributed by atoms with Crippen molar-refractivity contribution < 1.29 is 0 Å². The molecule has 1 aromatic heterocycles. The van der Waals surface area contributed by atoms with Crippen LogP contribution in [0.5, 0.6) is 0 Å². The van der Waals surface area contributed by atoms with Crippen LogP contribution < -0.4 is 5.32 Å². The number of rotatable bonds is 5. The van der Waals surface area contributed by atoms with Crippen molar-refractivity contribution in [1.82, 2.24) is 5.32 Å². The van der Waals surface area contributed by atoms with Gasteiger partial charge in [-0.15, -0.1) is 11.3 Å². The predicted molar refractivity (Wildman–Crippen MR) is 91.9 cm³/mol. The van der Waals surface area contributed by atoms with Crippen molar-refractivity contribution in [3.05, 3.63) is 19.2 Å². The first-order valence-electron chi connectivity index (χ1n) is 7.14. The van der Waals surface area contributed by atoms with Crippen LogP contribution >= 0.6 is 43.2 Å². The number of hydrogen-bond donors (Lipinski definition) is 1. The summed E-state index contributed by atoms with van der Waals surface area (Å²) in [6, 6.07) is 2.79. The molecule has 2 unspecified atom stereocenters. The van der Waals surface area contributed by atoms with Gasteiger partial charge in [0, 0.05) is 15.4 Å². The molecule has 0 aliphatic heterocycles. The Labute approximate surface area is 137 Å². The Hall–Kier alpha value is 0.620. The number of thiophene rings is 1. The number of halogens is 2. The van der Waals surface area contributed by atoms with E-state index in [-0.39, 0.29) is 0 Å². The van der Waals surface area contributed by atoms with Crippen LogP contribution in [0.4, 0.5) is 0 Å². The third kappa shape index (κ3) is 3.63. The molecule has 0 spiro atoms. The maximum Gasteiger partial charge on any atom is 0.0843 e. The Morgan fingerprint density at radius 2 is 2.21 bits per heavy atom. The summed E-state index contributed by atoms with van der Waals surface area (Å²) >= 11 is 9.13. The Morgan fingerprint density at radius 3 is 2.68 bits per heavy atom. The molecule has 0 aromatic carbocycles. The van der Waals surface area contributed by atoms with Gasteiger partial charge in [-0.05, 0) is 75.1 Å². The zero-order valence-corrected chi connectivity index (χ0v) is 15.9. The highest BCUT2D eigenvalue weighted by Gasteiger charge is 2.40. The summed E-state index contributed by atoms with van der Waals surface area (Å²) in [5.74, 6) is 0.747. The zero-order valence-electron chi connectivity index (χ0n) is 11.9. The number of hydrogen-bond acceptors (Lipinski definition) is 2. The summed E-state index contributed by atoms with van der Waals surface area (Å²) in [4.78, 5) is 1.46. The molecule has 2 atom stereocenters. The third-order valence-electron chi connectivity index (χ3n) is 4.33. The summed E-state index contributed by atoms with van der Waals surface area (Å²) in [6.45, 7) is 8.21. The molecule has 2 rings (SSSR count). The van der Waals surface area contributed by atoms with E-state index in [1.54, 1.807) is 0 Å². The Balaban J connectivity index is 2.25. The Morgan fingerprint density at radius 1 is 1.47 bits per heavy atom. The largest absolute Gasteiger partial charge is 0.309 e. The van der Waals surface area contributed by atoms with Crippen LogP contribution in [0, 0.1) is 11.3 Å². The normalized spacial score (nSPS) is 23.7. The Kier molecular flexibility index (Phi) is 5.55. The molecule has 1 aliphatic rings. The molecule has 0 saturated heterocycles. The minimum absolute atomic E-state index is 0.453. The van der Waals surface area contributed by atoms with E-state index >= 15 is 0 Å². The van der Waals surface area contributed by atoms with Crippen molar-refractivity contribution in [1.29, 1.82) is 0 Å². The predicted octanol–water partition coefficient (Wildman–Crippen LogP) is 6.14. The minimum Gasteiger partial charge on any atom is -0.309 e. The van der Waals surface area contributed by atoms with E-state index in [1.807, 2.05) is 11.3 Å². The maximum atomic E-state index is 3.79. The van der Waals surface area contributed by atoms with Crippen LogP contribution in [0.2, 0.25) is 0 Å². The average Bonchev–Trinajstić information content (AvgIpc) is 2.84.